The Balaban J connectivity index is 3.51. The van der Waals surface area contributed by atoms with E-state index in [0.29, 0.717) is 6.42 Å². The molecule has 3 N–H and O–H groups in total. The second-order valence-electron chi connectivity index (χ2n) is 17.9. The number of phosphoric acid groups is 1. The van der Waals surface area contributed by atoms with Gasteiger partial charge in [-0.05, 0) is 38.5 Å². The molecular formula is C51H100NO8P. The molecule has 0 fully saturated rings. The highest BCUT2D eigenvalue weighted by atomic mass is 31.2. The minimum Gasteiger partial charge on any atom is -0.463 e. The Hall–Kier alpha value is -1.25. The van der Waals surface area contributed by atoms with Gasteiger partial charge in [0, 0.05) is 19.4 Å². The molecule has 61 heavy (non-hydrogen) atoms. The van der Waals surface area contributed by atoms with Gasteiger partial charge in [-0.3, -0.25) is 18.6 Å². The van der Waals surface area contributed by atoms with Crippen LogP contribution in [0, 0.1) is 0 Å². The van der Waals surface area contributed by atoms with Gasteiger partial charge < -0.3 is 20.1 Å². The van der Waals surface area contributed by atoms with E-state index in [0.717, 1.165) is 38.5 Å². The predicted molar refractivity (Wildman–Crippen MR) is 257 cm³/mol. The van der Waals surface area contributed by atoms with Gasteiger partial charge in [-0.2, -0.15) is 0 Å². The number of rotatable bonds is 50. The number of unbranched alkanes of at least 4 members (excludes halogenated alkanes) is 35. The zero-order valence-corrected chi connectivity index (χ0v) is 41.0. The van der Waals surface area contributed by atoms with Gasteiger partial charge in [0.25, 0.3) is 0 Å². The number of aliphatic hydroxyl groups is 1. The quantitative estimate of drug-likeness (QED) is 0.0238. The predicted octanol–water partition coefficient (Wildman–Crippen LogP) is 15.3. The minimum atomic E-state index is -4.42. The summed E-state index contributed by atoms with van der Waals surface area (Å²) in [5.41, 5.74) is 0. The Labute approximate surface area is 377 Å². The molecule has 0 aliphatic carbocycles. The SMILES string of the molecule is CCCCCCCC/C=C/CCCCCCCCCCCCCC(=O)NCCOP(=O)(O)OCC(O)COC(=O)CCCCCCCCCCCCCCCCCCCCC. The van der Waals surface area contributed by atoms with Crippen LogP contribution in [0.5, 0.6) is 0 Å². The lowest BCUT2D eigenvalue weighted by molar-refractivity contribution is -0.147. The summed E-state index contributed by atoms with van der Waals surface area (Å²) in [6.07, 6.45) is 52.9. The third-order valence-corrected chi connectivity index (χ3v) is 12.7. The van der Waals surface area contributed by atoms with Crippen LogP contribution in [0.3, 0.4) is 0 Å². The lowest BCUT2D eigenvalue weighted by Crippen LogP contribution is -2.27. The van der Waals surface area contributed by atoms with Gasteiger partial charge in [-0.15, -0.1) is 0 Å². The van der Waals surface area contributed by atoms with Gasteiger partial charge in [0.15, 0.2) is 0 Å². The highest BCUT2D eigenvalue weighted by molar-refractivity contribution is 7.47. The summed E-state index contributed by atoms with van der Waals surface area (Å²) in [5, 5.41) is 12.8. The van der Waals surface area contributed by atoms with Gasteiger partial charge in [-0.1, -0.05) is 231 Å². The highest BCUT2D eigenvalue weighted by Crippen LogP contribution is 2.42. The van der Waals surface area contributed by atoms with Crippen LogP contribution >= 0.6 is 7.82 Å². The van der Waals surface area contributed by atoms with E-state index in [-0.39, 0.29) is 32.1 Å². The second kappa shape index (κ2) is 48.2. The van der Waals surface area contributed by atoms with Crippen molar-refractivity contribution in [2.75, 3.05) is 26.4 Å². The van der Waals surface area contributed by atoms with E-state index in [1.54, 1.807) is 0 Å². The number of ether oxygens (including phenoxy) is 1. The van der Waals surface area contributed by atoms with Crippen LogP contribution < -0.4 is 5.32 Å². The maximum Gasteiger partial charge on any atom is 0.472 e. The second-order valence-corrected chi connectivity index (χ2v) is 19.3. The summed E-state index contributed by atoms with van der Waals surface area (Å²) in [6.45, 7) is 3.61. The van der Waals surface area contributed by atoms with Crippen molar-refractivity contribution in [1.29, 1.82) is 0 Å². The topological polar surface area (TPSA) is 131 Å². The van der Waals surface area contributed by atoms with Crippen molar-refractivity contribution < 1.29 is 37.9 Å². The standard InChI is InChI=1S/C51H100NO8P/c1-3-5-7-9-11-13-15-17-19-21-23-24-26-27-29-31-33-35-37-39-41-43-50(54)52-45-46-59-61(56,57)60-48-49(53)47-58-51(55)44-42-40-38-36-34-32-30-28-25-22-20-18-16-14-12-10-8-6-4-2/h17,19,49,53H,3-16,18,20-48H2,1-2H3,(H,52,54)(H,56,57)/b19-17+. The van der Waals surface area contributed by atoms with E-state index in [4.69, 9.17) is 13.8 Å². The summed E-state index contributed by atoms with van der Waals surface area (Å²) in [4.78, 5) is 34.1. The molecule has 0 aliphatic heterocycles. The molecule has 0 bridgehead atoms. The molecular weight excluding hydrogens is 786 g/mol. The summed E-state index contributed by atoms with van der Waals surface area (Å²) in [6, 6.07) is 0. The van der Waals surface area contributed by atoms with Crippen LogP contribution in [0.2, 0.25) is 0 Å². The zero-order valence-electron chi connectivity index (χ0n) is 40.1. The average molecular weight is 886 g/mol. The largest absolute Gasteiger partial charge is 0.472 e. The number of hydrogen-bond acceptors (Lipinski definition) is 7. The monoisotopic (exact) mass is 886 g/mol. The van der Waals surface area contributed by atoms with Gasteiger partial charge in [0.1, 0.15) is 12.7 Å². The van der Waals surface area contributed by atoms with Crippen LogP contribution in [0.1, 0.15) is 271 Å². The van der Waals surface area contributed by atoms with Crippen molar-refractivity contribution in [3.8, 4) is 0 Å². The van der Waals surface area contributed by atoms with E-state index in [1.807, 2.05) is 0 Å². The fourth-order valence-electron chi connectivity index (χ4n) is 7.73. The molecule has 0 radical (unpaired) electrons. The van der Waals surface area contributed by atoms with Gasteiger partial charge in [0.2, 0.25) is 5.91 Å². The Kier molecular flexibility index (Phi) is 47.2. The lowest BCUT2D eigenvalue weighted by atomic mass is 10.0. The van der Waals surface area contributed by atoms with E-state index in [1.165, 1.54) is 205 Å². The maximum absolute atomic E-state index is 12.1. The highest BCUT2D eigenvalue weighted by Gasteiger charge is 2.23. The van der Waals surface area contributed by atoms with Crippen LogP contribution in [0.25, 0.3) is 0 Å². The number of carbonyl (C=O) groups is 2. The molecule has 0 saturated heterocycles. The Bertz CT molecular complexity index is 1010. The number of amides is 1. The van der Waals surface area contributed by atoms with Gasteiger partial charge in [0.05, 0.1) is 13.2 Å². The smallest absolute Gasteiger partial charge is 0.463 e. The van der Waals surface area contributed by atoms with Crippen LogP contribution in [-0.4, -0.2) is 54.3 Å². The van der Waals surface area contributed by atoms with E-state index in [2.05, 4.69) is 31.3 Å². The Morgan fingerprint density at radius 2 is 0.836 bits per heavy atom. The Morgan fingerprint density at radius 1 is 0.492 bits per heavy atom. The van der Waals surface area contributed by atoms with Crippen molar-refractivity contribution in [1.82, 2.24) is 5.32 Å². The molecule has 10 heteroatoms. The average Bonchev–Trinajstić information content (AvgIpc) is 3.25. The van der Waals surface area contributed by atoms with Crippen molar-refractivity contribution >= 4 is 19.7 Å². The fourth-order valence-corrected chi connectivity index (χ4v) is 8.49. The van der Waals surface area contributed by atoms with Crippen molar-refractivity contribution in [3.05, 3.63) is 12.2 Å². The Morgan fingerprint density at radius 3 is 1.23 bits per heavy atom. The molecule has 0 spiro atoms. The van der Waals surface area contributed by atoms with Crippen LogP contribution in [-0.2, 0) is 27.9 Å². The van der Waals surface area contributed by atoms with Crippen molar-refractivity contribution in [2.45, 2.75) is 277 Å². The van der Waals surface area contributed by atoms with Gasteiger partial charge >= 0.3 is 13.8 Å². The number of esters is 1. The molecule has 9 nitrogen and oxygen atoms in total. The van der Waals surface area contributed by atoms with Crippen LogP contribution in [0.15, 0.2) is 12.2 Å². The van der Waals surface area contributed by atoms with Crippen molar-refractivity contribution in [3.63, 3.8) is 0 Å². The number of phosphoric ester groups is 1. The first-order valence-corrected chi connectivity index (χ1v) is 27.7. The number of carbonyl (C=O) groups excluding carboxylic acids is 2. The molecule has 0 rings (SSSR count). The number of hydrogen-bond donors (Lipinski definition) is 3. The first-order valence-electron chi connectivity index (χ1n) is 26.2. The van der Waals surface area contributed by atoms with Crippen LogP contribution in [0.4, 0.5) is 0 Å². The normalized spacial score (nSPS) is 13.2. The summed E-state index contributed by atoms with van der Waals surface area (Å²) >= 11 is 0. The first kappa shape index (κ1) is 59.8. The molecule has 2 unspecified atom stereocenters. The molecule has 0 saturated carbocycles. The minimum absolute atomic E-state index is 0.0857. The number of allylic oxidation sites excluding steroid dienone is 2. The summed E-state index contributed by atoms with van der Waals surface area (Å²) in [7, 11) is -4.42. The first-order chi connectivity index (χ1) is 29.8. The molecule has 0 heterocycles. The zero-order chi connectivity index (χ0) is 44.6. The molecule has 1 amide bonds. The van der Waals surface area contributed by atoms with E-state index < -0.39 is 26.5 Å². The lowest BCUT2D eigenvalue weighted by Gasteiger charge is -2.15. The third kappa shape index (κ3) is 49.6. The molecule has 362 valence electrons. The summed E-state index contributed by atoms with van der Waals surface area (Å²) < 4.78 is 27.0. The maximum atomic E-state index is 12.1. The fraction of sp³-hybridized carbons (Fsp3) is 0.922. The molecule has 0 aliphatic rings. The molecule has 0 aromatic heterocycles. The molecule has 0 aromatic rings. The number of aliphatic hydroxyl groups excluding tert-OH is 1. The number of nitrogens with one attached hydrogen (secondary N) is 1. The molecule has 2 atom stereocenters. The van der Waals surface area contributed by atoms with E-state index >= 15 is 0 Å². The summed E-state index contributed by atoms with van der Waals surface area (Å²) in [5.74, 6) is -0.503. The van der Waals surface area contributed by atoms with Crippen molar-refractivity contribution in [2.24, 2.45) is 0 Å². The van der Waals surface area contributed by atoms with E-state index in [9.17, 15) is 24.2 Å². The molecule has 0 aromatic carbocycles. The third-order valence-electron chi connectivity index (χ3n) is 11.7. The van der Waals surface area contributed by atoms with Gasteiger partial charge in [-0.25, -0.2) is 4.57 Å².